The zero-order valence-electron chi connectivity index (χ0n) is 18.8. The van der Waals surface area contributed by atoms with Crippen molar-refractivity contribution in [2.24, 2.45) is 5.92 Å². The van der Waals surface area contributed by atoms with E-state index in [9.17, 15) is 19.1 Å². The van der Waals surface area contributed by atoms with Gasteiger partial charge in [-0.2, -0.15) is 0 Å². The van der Waals surface area contributed by atoms with Gasteiger partial charge < -0.3 is 5.11 Å². The lowest BCUT2D eigenvalue weighted by molar-refractivity contribution is -0.123. The van der Waals surface area contributed by atoms with Crippen LogP contribution in [0.15, 0.2) is 84.9 Å². The number of aliphatic hydroxyl groups is 1. The lowest BCUT2D eigenvalue weighted by atomic mass is 9.72. The smallest absolute Gasteiger partial charge is 0.251 e. The van der Waals surface area contributed by atoms with Gasteiger partial charge in [-0.15, -0.1) is 0 Å². The molecule has 1 N–H and O–H groups in total. The molecular formula is C28H27FN2O3. The standard InChI is InChI=1S/C28H27FN2O3/c29-23-11-13-24(14-12-23)31-26(32)19-25(27(31)33)30-17-15-22(16-18-30)28(34,20-7-3-1-4-8-20)21-9-5-2-6-10-21/h1-14,22,25,34H,15-19H2/t25-/m1/s1. The molecule has 5 nitrogen and oxygen atoms in total. The summed E-state index contributed by atoms with van der Waals surface area (Å²) in [6.07, 6.45) is 1.49. The van der Waals surface area contributed by atoms with Gasteiger partial charge in [0.25, 0.3) is 5.91 Å². The van der Waals surface area contributed by atoms with E-state index in [4.69, 9.17) is 0 Å². The number of rotatable bonds is 5. The van der Waals surface area contributed by atoms with Crippen LogP contribution >= 0.6 is 0 Å². The van der Waals surface area contributed by atoms with Gasteiger partial charge in [-0.05, 0) is 67.2 Å². The fraction of sp³-hybridized carbons (Fsp3) is 0.286. The van der Waals surface area contributed by atoms with Crippen molar-refractivity contribution in [3.05, 3.63) is 102 Å². The van der Waals surface area contributed by atoms with Crippen LogP contribution in [0.4, 0.5) is 10.1 Å². The number of anilines is 1. The molecule has 0 unspecified atom stereocenters. The summed E-state index contributed by atoms with van der Waals surface area (Å²) in [5, 5.41) is 12.1. The van der Waals surface area contributed by atoms with E-state index in [-0.39, 0.29) is 24.2 Å². The summed E-state index contributed by atoms with van der Waals surface area (Å²) in [6, 6.07) is 24.3. The SMILES string of the molecule is O=C1C[C@@H](N2CCC(C(O)(c3ccccc3)c3ccccc3)CC2)C(=O)N1c1ccc(F)cc1. The van der Waals surface area contributed by atoms with E-state index in [2.05, 4.69) is 4.90 Å². The normalized spacial score (nSPS) is 20.2. The largest absolute Gasteiger partial charge is 0.380 e. The number of hydrogen-bond donors (Lipinski definition) is 1. The Hall–Kier alpha value is -3.35. The van der Waals surface area contributed by atoms with Crippen molar-refractivity contribution >= 4 is 17.5 Å². The zero-order valence-corrected chi connectivity index (χ0v) is 18.8. The highest BCUT2D eigenvalue weighted by Gasteiger charge is 2.46. The Bertz CT molecular complexity index is 1120. The molecular weight excluding hydrogens is 431 g/mol. The quantitative estimate of drug-likeness (QED) is 0.585. The lowest BCUT2D eigenvalue weighted by Crippen LogP contribution is -2.49. The highest BCUT2D eigenvalue weighted by molar-refractivity contribution is 6.22. The molecule has 2 amide bonds. The van der Waals surface area contributed by atoms with Crippen LogP contribution < -0.4 is 4.90 Å². The molecule has 0 spiro atoms. The molecule has 0 bridgehead atoms. The predicted octanol–water partition coefficient (Wildman–Crippen LogP) is 4.11. The first-order chi connectivity index (χ1) is 16.5. The Morgan fingerprint density at radius 2 is 1.32 bits per heavy atom. The van der Waals surface area contributed by atoms with Gasteiger partial charge >= 0.3 is 0 Å². The molecule has 2 saturated heterocycles. The van der Waals surface area contributed by atoms with E-state index in [1.165, 1.54) is 29.2 Å². The molecule has 0 aliphatic carbocycles. The third-order valence-corrected chi connectivity index (χ3v) is 7.20. The van der Waals surface area contributed by atoms with Gasteiger partial charge in [0.05, 0.1) is 18.2 Å². The third-order valence-electron chi connectivity index (χ3n) is 7.20. The van der Waals surface area contributed by atoms with Gasteiger partial charge in [-0.3, -0.25) is 14.5 Å². The number of benzene rings is 3. The molecule has 174 valence electrons. The molecule has 0 aromatic heterocycles. The Labute approximate surface area is 198 Å². The second-order valence-electron chi connectivity index (χ2n) is 9.07. The van der Waals surface area contributed by atoms with E-state index >= 15 is 0 Å². The number of imide groups is 1. The number of likely N-dealkylation sites (tertiary alicyclic amines) is 1. The van der Waals surface area contributed by atoms with E-state index in [0.29, 0.717) is 31.6 Å². The molecule has 0 saturated carbocycles. The Balaban J connectivity index is 1.34. The van der Waals surface area contributed by atoms with Crippen LogP contribution in [-0.2, 0) is 15.2 Å². The Kier molecular flexibility index (Phi) is 6.02. The molecule has 2 heterocycles. The van der Waals surface area contributed by atoms with Crippen LogP contribution in [0.2, 0.25) is 0 Å². The second-order valence-corrected chi connectivity index (χ2v) is 9.07. The number of carbonyl (C=O) groups excluding carboxylic acids is 2. The van der Waals surface area contributed by atoms with E-state index in [1.54, 1.807) is 0 Å². The van der Waals surface area contributed by atoms with Crippen LogP contribution in [0.25, 0.3) is 0 Å². The number of carbonyl (C=O) groups is 2. The molecule has 3 aromatic carbocycles. The fourth-order valence-electron chi connectivity index (χ4n) is 5.41. The van der Waals surface area contributed by atoms with E-state index in [0.717, 1.165) is 11.1 Å². The molecule has 2 aliphatic rings. The lowest BCUT2D eigenvalue weighted by Gasteiger charge is -2.43. The van der Waals surface area contributed by atoms with Crippen LogP contribution in [-0.4, -0.2) is 41.0 Å². The maximum atomic E-state index is 13.3. The minimum Gasteiger partial charge on any atom is -0.380 e. The molecule has 2 aliphatic heterocycles. The third kappa shape index (κ3) is 3.93. The average molecular weight is 459 g/mol. The summed E-state index contributed by atoms with van der Waals surface area (Å²) in [5.41, 5.74) is 0.976. The van der Waals surface area contributed by atoms with Gasteiger partial charge in [0.2, 0.25) is 5.91 Å². The minimum atomic E-state index is -1.13. The van der Waals surface area contributed by atoms with Crippen LogP contribution in [0.3, 0.4) is 0 Å². The van der Waals surface area contributed by atoms with E-state index < -0.39 is 17.5 Å². The van der Waals surface area contributed by atoms with Crippen LogP contribution in [0.1, 0.15) is 30.4 Å². The maximum absolute atomic E-state index is 13.3. The highest BCUT2D eigenvalue weighted by Crippen LogP contribution is 2.42. The molecule has 0 radical (unpaired) electrons. The number of nitrogens with zero attached hydrogens (tertiary/aromatic N) is 2. The molecule has 2 fully saturated rings. The second kappa shape index (κ2) is 9.12. The number of amides is 2. The van der Waals surface area contributed by atoms with Crippen molar-refractivity contribution < 1.29 is 19.1 Å². The van der Waals surface area contributed by atoms with E-state index in [1.807, 2.05) is 60.7 Å². The van der Waals surface area contributed by atoms with Gasteiger partial charge in [0.15, 0.2) is 0 Å². The molecule has 3 aromatic rings. The maximum Gasteiger partial charge on any atom is 0.251 e. The average Bonchev–Trinajstić information content (AvgIpc) is 3.19. The first kappa shape index (κ1) is 22.4. The number of halogens is 1. The topological polar surface area (TPSA) is 60.9 Å². The summed E-state index contributed by atoms with van der Waals surface area (Å²) in [4.78, 5) is 29.0. The fourth-order valence-corrected chi connectivity index (χ4v) is 5.41. The zero-order chi connectivity index (χ0) is 23.7. The van der Waals surface area contributed by atoms with Gasteiger partial charge in [-0.25, -0.2) is 9.29 Å². The first-order valence-corrected chi connectivity index (χ1v) is 11.7. The number of hydrogen-bond acceptors (Lipinski definition) is 4. The van der Waals surface area contributed by atoms with Crippen molar-refractivity contribution in [1.29, 1.82) is 0 Å². The van der Waals surface area contributed by atoms with Crippen molar-refractivity contribution in [1.82, 2.24) is 4.90 Å². The van der Waals surface area contributed by atoms with Crippen molar-refractivity contribution in [3.63, 3.8) is 0 Å². The molecule has 6 heteroatoms. The van der Waals surface area contributed by atoms with Crippen molar-refractivity contribution in [2.75, 3.05) is 18.0 Å². The number of piperidine rings is 1. The summed E-state index contributed by atoms with van der Waals surface area (Å²) < 4.78 is 13.3. The summed E-state index contributed by atoms with van der Waals surface area (Å²) in [7, 11) is 0. The van der Waals surface area contributed by atoms with Gasteiger partial charge in [-0.1, -0.05) is 60.7 Å². The molecule has 5 rings (SSSR count). The Morgan fingerprint density at radius 1 is 0.794 bits per heavy atom. The van der Waals surface area contributed by atoms with Crippen LogP contribution in [0, 0.1) is 11.7 Å². The van der Waals surface area contributed by atoms with Crippen LogP contribution in [0.5, 0.6) is 0 Å². The summed E-state index contributed by atoms with van der Waals surface area (Å²) >= 11 is 0. The highest BCUT2D eigenvalue weighted by atomic mass is 19.1. The first-order valence-electron chi connectivity index (χ1n) is 11.7. The molecule has 1 atom stereocenters. The summed E-state index contributed by atoms with van der Waals surface area (Å²) in [5.74, 6) is -0.981. The summed E-state index contributed by atoms with van der Waals surface area (Å²) in [6.45, 7) is 1.21. The monoisotopic (exact) mass is 458 g/mol. The predicted molar refractivity (Wildman–Crippen MR) is 127 cm³/mol. The molecule has 34 heavy (non-hydrogen) atoms. The Morgan fingerprint density at radius 3 is 1.85 bits per heavy atom. The van der Waals surface area contributed by atoms with Crippen molar-refractivity contribution in [2.45, 2.75) is 30.9 Å². The van der Waals surface area contributed by atoms with Gasteiger partial charge in [0, 0.05) is 0 Å². The van der Waals surface area contributed by atoms with Crippen molar-refractivity contribution in [3.8, 4) is 0 Å². The van der Waals surface area contributed by atoms with Gasteiger partial charge in [0.1, 0.15) is 11.4 Å². The minimum absolute atomic E-state index is 0.0334.